The fourth-order valence-electron chi connectivity index (χ4n) is 3.43. The molecule has 166 valence electrons. The van der Waals surface area contributed by atoms with Crippen LogP contribution in [0.25, 0.3) is 0 Å². The topological polar surface area (TPSA) is 72.3 Å². The average molecular weight is 396 g/mol. The second-order valence-electron chi connectivity index (χ2n) is 8.00. The minimum atomic E-state index is 0.277. The second kappa shape index (κ2) is 22.4. The highest BCUT2D eigenvalue weighted by molar-refractivity contribution is 5.76. The summed E-state index contributed by atoms with van der Waals surface area (Å²) in [5, 5.41) is 0. The number of carbonyl (C=O) groups is 1. The van der Waals surface area contributed by atoms with E-state index in [1.165, 1.54) is 70.6 Å². The van der Waals surface area contributed by atoms with Gasteiger partial charge in [0.25, 0.3) is 0 Å². The van der Waals surface area contributed by atoms with Crippen LogP contribution in [0.4, 0.5) is 0 Å². The zero-order valence-corrected chi connectivity index (χ0v) is 18.8. The van der Waals surface area contributed by atoms with Crippen LogP contribution in [-0.4, -0.2) is 37.0 Å². The molecule has 0 heterocycles. The molecule has 1 amide bonds. The first kappa shape index (κ1) is 27.1. The number of amides is 1. The Morgan fingerprint density at radius 2 is 1.14 bits per heavy atom. The van der Waals surface area contributed by atoms with Crippen LogP contribution in [0.5, 0.6) is 0 Å². The van der Waals surface area contributed by atoms with Crippen molar-refractivity contribution in [2.45, 2.75) is 110 Å². The van der Waals surface area contributed by atoms with Crippen molar-refractivity contribution in [1.29, 1.82) is 0 Å². The molecule has 0 fully saturated rings. The lowest BCUT2D eigenvalue weighted by molar-refractivity contribution is -0.131. The van der Waals surface area contributed by atoms with Gasteiger partial charge in [-0.1, -0.05) is 70.4 Å². The summed E-state index contributed by atoms with van der Waals surface area (Å²) in [6, 6.07) is 0. The molecule has 28 heavy (non-hydrogen) atoms. The Balaban J connectivity index is 3.51. The molecule has 0 spiro atoms. The van der Waals surface area contributed by atoms with Crippen LogP contribution in [-0.2, 0) is 4.79 Å². The summed E-state index contributed by atoms with van der Waals surface area (Å²) in [5.74, 6) is 0.277. The molecule has 0 aromatic carbocycles. The van der Waals surface area contributed by atoms with Crippen LogP contribution in [0.2, 0.25) is 0 Å². The standard InChI is InChI=1S/C24H49N3O/c1-2-3-4-5-6-7-8-9-10-11-12-13-14-15-16-19-24(28)27(22-17-20-25)23-18-21-26/h9-10H,2-8,11-23,25-26H2,1H3. The average Bonchev–Trinajstić information content (AvgIpc) is 2.70. The van der Waals surface area contributed by atoms with Crippen molar-refractivity contribution in [3.05, 3.63) is 12.2 Å². The molecular weight excluding hydrogens is 346 g/mol. The molecule has 0 aliphatic carbocycles. The first-order valence-electron chi connectivity index (χ1n) is 12.1. The number of unbranched alkanes of at least 4 members (excludes halogenated alkanes) is 11. The quantitative estimate of drug-likeness (QED) is 0.198. The summed E-state index contributed by atoms with van der Waals surface area (Å²) in [6.45, 7) is 5.10. The van der Waals surface area contributed by atoms with Crippen molar-refractivity contribution in [3.8, 4) is 0 Å². The third-order valence-corrected chi connectivity index (χ3v) is 5.27. The molecule has 4 heteroatoms. The fourth-order valence-corrected chi connectivity index (χ4v) is 3.43. The van der Waals surface area contributed by atoms with Gasteiger partial charge in [-0.2, -0.15) is 0 Å². The number of hydrogen-bond acceptors (Lipinski definition) is 3. The van der Waals surface area contributed by atoms with Gasteiger partial charge in [0.1, 0.15) is 0 Å². The predicted molar refractivity (Wildman–Crippen MR) is 123 cm³/mol. The highest BCUT2D eigenvalue weighted by atomic mass is 16.2. The number of nitrogens with zero attached hydrogens (tertiary/aromatic N) is 1. The minimum Gasteiger partial charge on any atom is -0.343 e. The Labute approximate surface area is 175 Å². The summed E-state index contributed by atoms with van der Waals surface area (Å²) in [4.78, 5) is 14.3. The van der Waals surface area contributed by atoms with E-state index in [2.05, 4.69) is 19.1 Å². The maximum Gasteiger partial charge on any atom is 0.222 e. The Kier molecular flexibility index (Phi) is 21.7. The largest absolute Gasteiger partial charge is 0.343 e. The number of rotatable bonds is 21. The third-order valence-electron chi connectivity index (χ3n) is 5.27. The van der Waals surface area contributed by atoms with E-state index in [1.54, 1.807) is 0 Å². The number of allylic oxidation sites excluding steroid dienone is 2. The molecule has 0 atom stereocenters. The summed E-state index contributed by atoms with van der Waals surface area (Å²) in [6.07, 6.45) is 23.9. The number of hydrogen-bond donors (Lipinski definition) is 2. The maximum absolute atomic E-state index is 12.3. The SMILES string of the molecule is CCCCCCCCC=CCCCCCCCC(=O)N(CCCN)CCCN. The highest BCUT2D eigenvalue weighted by Crippen LogP contribution is 2.11. The molecule has 0 aromatic heterocycles. The zero-order valence-electron chi connectivity index (χ0n) is 18.8. The van der Waals surface area contributed by atoms with Crippen molar-refractivity contribution >= 4 is 5.91 Å². The molecule has 0 rings (SSSR count). The van der Waals surface area contributed by atoms with Crippen molar-refractivity contribution in [1.82, 2.24) is 4.90 Å². The molecule has 0 aliphatic heterocycles. The van der Waals surface area contributed by atoms with Gasteiger partial charge in [0.2, 0.25) is 5.91 Å². The predicted octanol–water partition coefficient (Wildman–Crippen LogP) is 5.55. The van der Waals surface area contributed by atoms with E-state index in [4.69, 9.17) is 11.5 Å². The zero-order chi connectivity index (χ0) is 20.7. The number of nitrogens with two attached hydrogens (primary N) is 2. The molecule has 0 aromatic rings. The van der Waals surface area contributed by atoms with E-state index in [0.717, 1.165) is 38.8 Å². The molecular formula is C24H49N3O. The van der Waals surface area contributed by atoms with Crippen LogP contribution in [0.1, 0.15) is 110 Å². The van der Waals surface area contributed by atoms with E-state index in [0.29, 0.717) is 19.5 Å². The lowest BCUT2D eigenvalue weighted by atomic mass is 10.1. The Bertz CT molecular complexity index is 350. The second-order valence-corrected chi connectivity index (χ2v) is 8.00. The molecule has 4 N–H and O–H groups in total. The lowest BCUT2D eigenvalue weighted by Crippen LogP contribution is -2.34. The van der Waals surface area contributed by atoms with Crippen LogP contribution < -0.4 is 11.5 Å². The fraction of sp³-hybridized carbons (Fsp3) is 0.875. The van der Waals surface area contributed by atoms with Gasteiger partial charge in [0, 0.05) is 19.5 Å². The van der Waals surface area contributed by atoms with Gasteiger partial charge in [-0.05, 0) is 58.0 Å². The molecule has 0 bridgehead atoms. The van der Waals surface area contributed by atoms with Gasteiger partial charge in [-0.15, -0.1) is 0 Å². The van der Waals surface area contributed by atoms with Gasteiger partial charge in [0.15, 0.2) is 0 Å². The molecule has 0 saturated heterocycles. The molecule has 4 nitrogen and oxygen atoms in total. The highest BCUT2D eigenvalue weighted by Gasteiger charge is 2.11. The van der Waals surface area contributed by atoms with E-state index >= 15 is 0 Å². The van der Waals surface area contributed by atoms with Crippen molar-refractivity contribution in [3.63, 3.8) is 0 Å². The number of carbonyl (C=O) groups excluding carboxylic acids is 1. The smallest absolute Gasteiger partial charge is 0.222 e. The van der Waals surface area contributed by atoms with Crippen LogP contribution in [0.3, 0.4) is 0 Å². The lowest BCUT2D eigenvalue weighted by Gasteiger charge is -2.22. The van der Waals surface area contributed by atoms with Crippen molar-refractivity contribution in [2.75, 3.05) is 26.2 Å². The molecule has 0 saturated carbocycles. The third kappa shape index (κ3) is 18.5. The van der Waals surface area contributed by atoms with Crippen LogP contribution >= 0.6 is 0 Å². The Morgan fingerprint density at radius 1 is 0.679 bits per heavy atom. The van der Waals surface area contributed by atoms with E-state index in [-0.39, 0.29) is 5.91 Å². The summed E-state index contributed by atoms with van der Waals surface area (Å²) >= 11 is 0. The Morgan fingerprint density at radius 3 is 1.64 bits per heavy atom. The van der Waals surface area contributed by atoms with Crippen molar-refractivity contribution in [2.24, 2.45) is 11.5 Å². The normalized spacial score (nSPS) is 11.4. The summed E-state index contributed by atoms with van der Waals surface area (Å²) in [5.41, 5.74) is 11.1. The van der Waals surface area contributed by atoms with E-state index < -0.39 is 0 Å². The molecule has 0 aliphatic rings. The van der Waals surface area contributed by atoms with Crippen LogP contribution in [0.15, 0.2) is 12.2 Å². The van der Waals surface area contributed by atoms with Crippen molar-refractivity contribution < 1.29 is 4.79 Å². The van der Waals surface area contributed by atoms with Gasteiger partial charge < -0.3 is 16.4 Å². The van der Waals surface area contributed by atoms with E-state index in [1.807, 2.05) is 4.90 Å². The molecule has 0 radical (unpaired) electrons. The van der Waals surface area contributed by atoms with E-state index in [9.17, 15) is 4.79 Å². The first-order chi connectivity index (χ1) is 13.8. The Hall–Kier alpha value is -0.870. The first-order valence-corrected chi connectivity index (χ1v) is 12.1. The monoisotopic (exact) mass is 395 g/mol. The van der Waals surface area contributed by atoms with Crippen LogP contribution in [0, 0.1) is 0 Å². The molecule has 0 unspecified atom stereocenters. The van der Waals surface area contributed by atoms with Gasteiger partial charge >= 0.3 is 0 Å². The summed E-state index contributed by atoms with van der Waals surface area (Å²) < 4.78 is 0. The van der Waals surface area contributed by atoms with Gasteiger partial charge in [-0.25, -0.2) is 0 Å². The minimum absolute atomic E-state index is 0.277. The maximum atomic E-state index is 12.3. The summed E-state index contributed by atoms with van der Waals surface area (Å²) in [7, 11) is 0. The van der Waals surface area contributed by atoms with Gasteiger partial charge in [0.05, 0.1) is 0 Å². The van der Waals surface area contributed by atoms with Gasteiger partial charge in [-0.3, -0.25) is 4.79 Å².